The van der Waals surface area contributed by atoms with Crippen molar-refractivity contribution < 1.29 is 19.2 Å². The Kier molecular flexibility index (Phi) is 3.57. The third-order valence-electron chi connectivity index (χ3n) is 3.27. The molecule has 114 valence electrons. The molecule has 3 heterocycles. The first kappa shape index (κ1) is 14.3. The summed E-state index contributed by atoms with van der Waals surface area (Å²) in [5.41, 5.74) is 6.24. The first-order valence-electron chi connectivity index (χ1n) is 6.12. The highest BCUT2D eigenvalue weighted by molar-refractivity contribution is 7.84. The Morgan fingerprint density at radius 1 is 1.43 bits per heavy atom. The van der Waals surface area contributed by atoms with Gasteiger partial charge in [0.1, 0.15) is 24.6 Å². The lowest BCUT2D eigenvalue weighted by molar-refractivity contribution is -0.0374. The van der Waals surface area contributed by atoms with Crippen molar-refractivity contribution in [3.05, 3.63) is 6.33 Å². The van der Waals surface area contributed by atoms with Crippen molar-refractivity contribution in [1.29, 1.82) is 0 Å². The number of aromatic nitrogens is 5. The second kappa shape index (κ2) is 5.26. The zero-order chi connectivity index (χ0) is 15.1. The van der Waals surface area contributed by atoms with Gasteiger partial charge in [-0.1, -0.05) is 5.21 Å². The molecule has 1 saturated heterocycles. The van der Waals surface area contributed by atoms with Crippen molar-refractivity contribution in [1.82, 2.24) is 25.0 Å². The van der Waals surface area contributed by atoms with Gasteiger partial charge in [0.05, 0.1) is 5.75 Å². The van der Waals surface area contributed by atoms with Crippen LogP contribution in [0.1, 0.15) is 6.23 Å². The standard InChI is InChI=1S/C10H14N6O4S/c1-21(19)2-4-6(17)7(18)10(20-4)16-9-5(14-15-16)8(11)12-3-13-9/h3-4,6-7,10,17-18H,2H2,1H3,(H2,11,12,13)/t4?,6?,7?,10?,21-/m0/s1. The van der Waals surface area contributed by atoms with Crippen LogP contribution in [-0.2, 0) is 15.5 Å². The molecule has 3 rings (SSSR count). The topological polar surface area (TPSA) is 149 Å². The van der Waals surface area contributed by atoms with E-state index in [1.54, 1.807) is 0 Å². The van der Waals surface area contributed by atoms with E-state index in [0.29, 0.717) is 0 Å². The van der Waals surface area contributed by atoms with Gasteiger partial charge in [-0.15, -0.1) is 5.10 Å². The summed E-state index contributed by atoms with van der Waals surface area (Å²) >= 11 is 0. The van der Waals surface area contributed by atoms with E-state index in [1.165, 1.54) is 17.3 Å². The number of fused-ring (bicyclic) bond motifs is 1. The summed E-state index contributed by atoms with van der Waals surface area (Å²) in [7, 11) is -1.17. The van der Waals surface area contributed by atoms with Gasteiger partial charge in [0.2, 0.25) is 0 Å². The fraction of sp³-hybridized carbons (Fsp3) is 0.600. The maximum atomic E-state index is 11.3. The Labute approximate surface area is 121 Å². The van der Waals surface area contributed by atoms with Gasteiger partial charge in [0.25, 0.3) is 0 Å². The zero-order valence-corrected chi connectivity index (χ0v) is 11.8. The van der Waals surface area contributed by atoms with Crippen LogP contribution in [0.5, 0.6) is 0 Å². The smallest absolute Gasteiger partial charge is 0.186 e. The molecular weight excluding hydrogens is 300 g/mol. The van der Waals surface area contributed by atoms with E-state index in [0.717, 1.165) is 0 Å². The van der Waals surface area contributed by atoms with Crippen molar-refractivity contribution in [3.8, 4) is 0 Å². The first-order chi connectivity index (χ1) is 9.99. The van der Waals surface area contributed by atoms with Crippen molar-refractivity contribution in [2.75, 3.05) is 17.7 Å². The van der Waals surface area contributed by atoms with Gasteiger partial charge >= 0.3 is 0 Å². The third kappa shape index (κ3) is 2.37. The van der Waals surface area contributed by atoms with Gasteiger partial charge in [0.15, 0.2) is 23.2 Å². The van der Waals surface area contributed by atoms with Crippen LogP contribution in [-0.4, -0.2) is 69.7 Å². The Bertz CT molecular complexity index is 693. The second-order valence-electron chi connectivity index (χ2n) is 4.75. The van der Waals surface area contributed by atoms with E-state index < -0.39 is 35.3 Å². The predicted molar refractivity (Wildman–Crippen MR) is 72.4 cm³/mol. The summed E-state index contributed by atoms with van der Waals surface area (Å²) in [6.45, 7) is 0. The summed E-state index contributed by atoms with van der Waals surface area (Å²) < 4.78 is 18.1. The maximum Gasteiger partial charge on any atom is 0.186 e. The van der Waals surface area contributed by atoms with E-state index in [2.05, 4.69) is 20.3 Å². The summed E-state index contributed by atoms with van der Waals surface area (Å²) in [5, 5.41) is 27.8. The number of hydrogen-bond donors (Lipinski definition) is 3. The molecule has 1 fully saturated rings. The maximum absolute atomic E-state index is 11.3. The summed E-state index contributed by atoms with van der Waals surface area (Å²) in [4.78, 5) is 7.80. The number of ether oxygens (including phenoxy) is 1. The number of nitrogens with zero attached hydrogens (tertiary/aromatic N) is 5. The molecule has 0 amide bonds. The number of aliphatic hydroxyl groups excluding tert-OH is 2. The minimum Gasteiger partial charge on any atom is -0.387 e. The Morgan fingerprint density at radius 3 is 2.90 bits per heavy atom. The van der Waals surface area contributed by atoms with Gasteiger partial charge in [-0.2, -0.15) is 4.68 Å². The molecule has 0 bridgehead atoms. The van der Waals surface area contributed by atoms with Crippen LogP contribution in [0.15, 0.2) is 6.33 Å². The van der Waals surface area contributed by atoms with Crippen LogP contribution >= 0.6 is 0 Å². The largest absolute Gasteiger partial charge is 0.387 e. The number of nitrogens with two attached hydrogens (primary N) is 1. The highest BCUT2D eigenvalue weighted by atomic mass is 32.2. The molecular formula is C10H14N6O4S. The van der Waals surface area contributed by atoms with Gasteiger partial charge in [-0.05, 0) is 0 Å². The molecule has 0 spiro atoms. The summed E-state index contributed by atoms with van der Waals surface area (Å²) in [6.07, 6.45) is -1.40. The van der Waals surface area contributed by atoms with E-state index in [9.17, 15) is 14.4 Å². The van der Waals surface area contributed by atoms with Gasteiger partial charge in [-0.25, -0.2) is 9.97 Å². The number of nitrogen functional groups attached to an aromatic ring is 1. The Morgan fingerprint density at radius 2 is 2.19 bits per heavy atom. The molecule has 21 heavy (non-hydrogen) atoms. The average molecular weight is 314 g/mol. The Hall–Kier alpha value is -1.69. The lowest BCUT2D eigenvalue weighted by Gasteiger charge is -2.14. The molecule has 4 unspecified atom stereocenters. The number of hydrogen-bond acceptors (Lipinski definition) is 9. The van der Waals surface area contributed by atoms with Crippen molar-refractivity contribution in [2.45, 2.75) is 24.5 Å². The monoisotopic (exact) mass is 314 g/mol. The molecule has 11 heteroatoms. The normalized spacial score (nSPS) is 30.8. The first-order valence-corrected chi connectivity index (χ1v) is 7.84. The highest BCUT2D eigenvalue weighted by Crippen LogP contribution is 2.31. The number of anilines is 1. The van der Waals surface area contributed by atoms with Crippen LogP contribution in [0.4, 0.5) is 5.82 Å². The van der Waals surface area contributed by atoms with E-state index >= 15 is 0 Å². The van der Waals surface area contributed by atoms with Gasteiger partial charge < -0.3 is 20.7 Å². The molecule has 0 aromatic carbocycles. The minimum atomic E-state index is -1.24. The second-order valence-corrected chi connectivity index (χ2v) is 6.23. The van der Waals surface area contributed by atoms with Crippen molar-refractivity contribution in [2.24, 2.45) is 0 Å². The lowest BCUT2D eigenvalue weighted by atomic mass is 10.1. The molecule has 5 atom stereocenters. The van der Waals surface area contributed by atoms with Crippen molar-refractivity contribution >= 4 is 27.8 Å². The molecule has 4 N–H and O–H groups in total. The third-order valence-corrected chi connectivity index (χ3v) is 4.06. The van der Waals surface area contributed by atoms with E-state index in [4.69, 9.17) is 10.5 Å². The molecule has 2 aromatic heterocycles. The molecule has 1 aliphatic heterocycles. The van der Waals surface area contributed by atoms with Crippen LogP contribution < -0.4 is 5.73 Å². The van der Waals surface area contributed by atoms with E-state index in [1.807, 2.05) is 0 Å². The molecule has 0 aliphatic carbocycles. The molecule has 0 radical (unpaired) electrons. The minimum absolute atomic E-state index is 0.110. The lowest BCUT2D eigenvalue weighted by Crippen LogP contribution is -2.34. The van der Waals surface area contributed by atoms with Gasteiger partial charge in [-0.3, -0.25) is 4.21 Å². The number of rotatable bonds is 3. The average Bonchev–Trinajstić information content (AvgIpc) is 2.96. The van der Waals surface area contributed by atoms with Crippen LogP contribution in [0.2, 0.25) is 0 Å². The fourth-order valence-electron chi connectivity index (χ4n) is 2.25. The van der Waals surface area contributed by atoms with E-state index in [-0.39, 0.29) is 22.7 Å². The number of aliphatic hydroxyl groups is 2. The summed E-state index contributed by atoms with van der Waals surface area (Å²) in [5.74, 6) is 0.267. The van der Waals surface area contributed by atoms with Crippen LogP contribution in [0, 0.1) is 0 Å². The SMILES string of the molecule is C[S@](=O)CC1OC(n2nnc3c(N)ncnc32)C(O)C1O. The van der Waals surface area contributed by atoms with Crippen LogP contribution in [0.25, 0.3) is 11.2 Å². The predicted octanol–water partition coefficient (Wildman–Crippen LogP) is -2.20. The fourth-order valence-corrected chi connectivity index (χ4v) is 2.99. The van der Waals surface area contributed by atoms with Gasteiger partial charge in [0, 0.05) is 17.1 Å². The molecule has 10 nitrogen and oxygen atoms in total. The molecule has 2 aromatic rings. The Balaban J connectivity index is 1.96. The highest BCUT2D eigenvalue weighted by Gasteiger charge is 2.45. The zero-order valence-electron chi connectivity index (χ0n) is 11.0. The molecule has 1 aliphatic rings. The quantitative estimate of drug-likeness (QED) is 0.573. The molecule has 0 saturated carbocycles. The van der Waals surface area contributed by atoms with Crippen LogP contribution in [0.3, 0.4) is 0 Å². The summed E-state index contributed by atoms with van der Waals surface area (Å²) in [6, 6.07) is 0. The van der Waals surface area contributed by atoms with Crippen molar-refractivity contribution in [3.63, 3.8) is 0 Å².